The van der Waals surface area contributed by atoms with Crippen molar-refractivity contribution in [1.29, 1.82) is 0 Å². The molecule has 2 heterocycles. The van der Waals surface area contributed by atoms with Crippen LogP contribution in [-0.4, -0.2) is 34.3 Å². The summed E-state index contributed by atoms with van der Waals surface area (Å²) >= 11 is 0. The molecule has 1 unspecified atom stereocenters. The molecule has 1 aromatic heterocycles. The van der Waals surface area contributed by atoms with E-state index in [4.69, 9.17) is 5.73 Å². The minimum absolute atomic E-state index is 0.313. The van der Waals surface area contributed by atoms with Gasteiger partial charge in [0.2, 0.25) is 0 Å². The van der Waals surface area contributed by atoms with Gasteiger partial charge in [0.05, 0.1) is 11.4 Å². The van der Waals surface area contributed by atoms with Gasteiger partial charge in [-0.25, -0.2) is 0 Å². The number of aryl methyl sites for hydroxylation is 2. The zero-order valence-corrected chi connectivity index (χ0v) is 10.5. The maximum atomic E-state index is 5.81. The largest absolute Gasteiger partial charge is 0.330 e. The summed E-state index contributed by atoms with van der Waals surface area (Å²) in [6.07, 6.45) is 1.21. The zero-order valence-electron chi connectivity index (χ0n) is 10.5. The van der Waals surface area contributed by atoms with Crippen molar-refractivity contribution in [2.75, 3.05) is 19.6 Å². The Bertz CT molecular complexity index is 371. The van der Waals surface area contributed by atoms with E-state index >= 15 is 0 Å². The zero-order chi connectivity index (χ0) is 11.8. The van der Waals surface area contributed by atoms with E-state index in [1.807, 2.05) is 18.7 Å². The van der Waals surface area contributed by atoms with Crippen LogP contribution >= 0.6 is 0 Å². The topological polar surface area (TPSA) is 47.1 Å². The van der Waals surface area contributed by atoms with Gasteiger partial charge in [0.25, 0.3) is 0 Å². The first-order chi connectivity index (χ1) is 7.52. The fourth-order valence-corrected chi connectivity index (χ4v) is 2.47. The summed E-state index contributed by atoms with van der Waals surface area (Å²) in [4.78, 5) is 2.48. The predicted molar refractivity (Wildman–Crippen MR) is 65.0 cm³/mol. The molecule has 0 aliphatic carbocycles. The molecule has 1 atom stereocenters. The average molecular weight is 222 g/mol. The van der Waals surface area contributed by atoms with Crippen molar-refractivity contribution < 1.29 is 0 Å². The lowest BCUT2D eigenvalue weighted by Gasteiger charge is -2.22. The van der Waals surface area contributed by atoms with E-state index in [0.717, 1.165) is 31.9 Å². The second kappa shape index (κ2) is 4.18. The Morgan fingerprint density at radius 1 is 1.56 bits per heavy atom. The van der Waals surface area contributed by atoms with Crippen LogP contribution in [0.25, 0.3) is 0 Å². The second-order valence-corrected chi connectivity index (χ2v) is 5.38. The van der Waals surface area contributed by atoms with E-state index in [1.54, 1.807) is 0 Å². The van der Waals surface area contributed by atoms with Crippen LogP contribution in [0.5, 0.6) is 0 Å². The van der Waals surface area contributed by atoms with Crippen LogP contribution in [0, 0.1) is 12.3 Å². The molecule has 0 amide bonds. The third-order valence-corrected chi connectivity index (χ3v) is 3.61. The highest BCUT2D eigenvalue weighted by atomic mass is 15.3. The van der Waals surface area contributed by atoms with Gasteiger partial charge < -0.3 is 5.73 Å². The molecule has 0 radical (unpaired) electrons. The first-order valence-electron chi connectivity index (χ1n) is 5.94. The molecule has 16 heavy (non-hydrogen) atoms. The first-order valence-corrected chi connectivity index (χ1v) is 5.94. The SMILES string of the molecule is Cc1cc(CN2CCC(C)(CN)C2)n(C)n1. The molecule has 0 spiro atoms. The molecule has 1 saturated heterocycles. The maximum Gasteiger partial charge on any atom is 0.0597 e. The summed E-state index contributed by atoms with van der Waals surface area (Å²) in [5.41, 5.74) is 8.51. The van der Waals surface area contributed by atoms with Gasteiger partial charge in [0.15, 0.2) is 0 Å². The summed E-state index contributed by atoms with van der Waals surface area (Å²) < 4.78 is 1.98. The van der Waals surface area contributed by atoms with Gasteiger partial charge in [-0.2, -0.15) is 5.10 Å². The van der Waals surface area contributed by atoms with Crippen molar-refractivity contribution in [3.05, 3.63) is 17.5 Å². The van der Waals surface area contributed by atoms with Gasteiger partial charge in [-0.1, -0.05) is 6.92 Å². The minimum atomic E-state index is 0.313. The van der Waals surface area contributed by atoms with E-state index in [1.165, 1.54) is 12.1 Å². The van der Waals surface area contributed by atoms with E-state index in [9.17, 15) is 0 Å². The highest BCUT2D eigenvalue weighted by molar-refractivity contribution is 5.09. The molecular formula is C12H22N4. The van der Waals surface area contributed by atoms with Crippen molar-refractivity contribution in [2.24, 2.45) is 18.2 Å². The van der Waals surface area contributed by atoms with Crippen LogP contribution in [0.4, 0.5) is 0 Å². The standard InChI is InChI=1S/C12H22N4/c1-10-6-11(15(3)14-10)7-16-5-4-12(2,8-13)9-16/h6H,4-5,7-9,13H2,1-3H3. The molecule has 1 aromatic rings. The van der Waals surface area contributed by atoms with Crippen LogP contribution in [0.2, 0.25) is 0 Å². The van der Waals surface area contributed by atoms with E-state index in [0.29, 0.717) is 5.41 Å². The molecular weight excluding hydrogens is 200 g/mol. The Labute approximate surface area is 97.4 Å². The Hall–Kier alpha value is -0.870. The Kier molecular flexibility index (Phi) is 3.04. The summed E-state index contributed by atoms with van der Waals surface area (Å²) in [7, 11) is 2.01. The van der Waals surface area contributed by atoms with Crippen molar-refractivity contribution in [3.63, 3.8) is 0 Å². The molecule has 4 nitrogen and oxygen atoms in total. The van der Waals surface area contributed by atoms with Gasteiger partial charge in [-0.15, -0.1) is 0 Å². The number of nitrogens with two attached hydrogens (primary N) is 1. The molecule has 1 fully saturated rings. The third kappa shape index (κ3) is 2.28. The van der Waals surface area contributed by atoms with Crippen molar-refractivity contribution in [2.45, 2.75) is 26.8 Å². The smallest absolute Gasteiger partial charge is 0.0597 e. The summed E-state index contributed by atoms with van der Waals surface area (Å²) in [6, 6.07) is 2.16. The Morgan fingerprint density at radius 3 is 2.81 bits per heavy atom. The molecule has 0 aromatic carbocycles. The molecule has 4 heteroatoms. The molecule has 1 aliphatic rings. The van der Waals surface area contributed by atoms with Gasteiger partial charge >= 0.3 is 0 Å². The highest BCUT2D eigenvalue weighted by Gasteiger charge is 2.32. The predicted octanol–water partition coefficient (Wildman–Crippen LogP) is 0.899. The summed E-state index contributed by atoms with van der Waals surface area (Å²) in [6.45, 7) is 8.35. The number of rotatable bonds is 3. The third-order valence-electron chi connectivity index (χ3n) is 3.61. The fraction of sp³-hybridized carbons (Fsp3) is 0.750. The van der Waals surface area contributed by atoms with Crippen LogP contribution in [0.3, 0.4) is 0 Å². The van der Waals surface area contributed by atoms with Crippen molar-refractivity contribution >= 4 is 0 Å². The monoisotopic (exact) mass is 222 g/mol. The molecule has 90 valence electrons. The lowest BCUT2D eigenvalue weighted by Crippen LogP contribution is -2.31. The van der Waals surface area contributed by atoms with Crippen LogP contribution < -0.4 is 5.73 Å². The minimum Gasteiger partial charge on any atom is -0.330 e. The van der Waals surface area contributed by atoms with Crippen molar-refractivity contribution in [3.8, 4) is 0 Å². The number of likely N-dealkylation sites (tertiary alicyclic amines) is 1. The average Bonchev–Trinajstić information content (AvgIpc) is 2.73. The second-order valence-electron chi connectivity index (χ2n) is 5.38. The maximum absolute atomic E-state index is 5.81. The summed E-state index contributed by atoms with van der Waals surface area (Å²) in [5.74, 6) is 0. The molecule has 0 saturated carbocycles. The van der Waals surface area contributed by atoms with Gasteiger partial charge in [0, 0.05) is 20.1 Å². The van der Waals surface area contributed by atoms with Crippen LogP contribution in [0.15, 0.2) is 6.07 Å². The Balaban J connectivity index is 1.99. The number of hydrogen-bond donors (Lipinski definition) is 1. The molecule has 2 rings (SSSR count). The van der Waals surface area contributed by atoms with Crippen molar-refractivity contribution in [1.82, 2.24) is 14.7 Å². The first kappa shape index (κ1) is 11.6. The van der Waals surface area contributed by atoms with Gasteiger partial charge in [0.1, 0.15) is 0 Å². The highest BCUT2D eigenvalue weighted by Crippen LogP contribution is 2.29. The van der Waals surface area contributed by atoms with E-state index in [-0.39, 0.29) is 0 Å². The fourth-order valence-electron chi connectivity index (χ4n) is 2.47. The van der Waals surface area contributed by atoms with Gasteiger partial charge in [-0.3, -0.25) is 9.58 Å². The molecule has 2 N–H and O–H groups in total. The lowest BCUT2D eigenvalue weighted by atomic mass is 9.90. The van der Waals surface area contributed by atoms with E-state index in [2.05, 4.69) is 23.0 Å². The van der Waals surface area contributed by atoms with E-state index < -0.39 is 0 Å². The number of aromatic nitrogens is 2. The quantitative estimate of drug-likeness (QED) is 0.826. The Morgan fingerprint density at radius 2 is 2.31 bits per heavy atom. The molecule has 0 bridgehead atoms. The van der Waals surface area contributed by atoms with Gasteiger partial charge in [-0.05, 0) is 37.9 Å². The van der Waals surface area contributed by atoms with Crippen LogP contribution in [-0.2, 0) is 13.6 Å². The normalized spacial score (nSPS) is 26.5. The summed E-state index contributed by atoms with van der Waals surface area (Å²) in [5, 5.41) is 4.37. The lowest BCUT2D eigenvalue weighted by molar-refractivity contribution is 0.269. The van der Waals surface area contributed by atoms with Crippen LogP contribution in [0.1, 0.15) is 24.7 Å². The number of hydrogen-bond acceptors (Lipinski definition) is 3. The number of nitrogens with zero attached hydrogens (tertiary/aromatic N) is 3. The molecule has 1 aliphatic heterocycles.